The molecule has 5 heteroatoms. The fraction of sp³-hybridized carbons (Fsp3) is 0.636. The van der Waals surface area contributed by atoms with Gasteiger partial charge in [-0.1, -0.05) is 6.92 Å². The second-order valence-corrected chi connectivity index (χ2v) is 4.74. The molecule has 1 heterocycles. The van der Waals surface area contributed by atoms with E-state index in [1.165, 1.54) is 6.42 Å². The van der Waals surface area contributed by atoms with Gasteiger partial charge in [-0.15, -0.1) is 0 Å². The molecule has 90 valence electrons. The van der Waals surface area contributed by atoms with Crippen LogP contribution in [-0.4, -0.2) is 41.0 Å². The number of hydrogen-bond acceptors (Lipinski definition) is 4. The maximum absolute atomic E-state index is 4.15. The maximum atomic E-state index is 4.15. The van der Waals surface area contributed by atoms with Crippen molar-refractivity contribution in [3.05, 3.63) is 17.0 Å². The van der Waals surface area contributed by atoms with Crippen LogP contribution in [-0.2, 0) is 0 Å². The van der Waals surface area contributed by atoms with Gasteiger partial charge >= 0.3 is 0 Å². The summed E-state index contributed by atoms with van der Waals surface area (Å²) in [5, 5.41) is 3.28. The number of nitrogens with one attached hydrogen (secondary N) is 1. The molecule has 1 aromatic rings. The van der Waals surface area contributed by atoms with Gasteiger partial charge in [0.1, 0.15) is 12.1 Å². The summed E-state index contributed by atoms with van der Waals surface area (Å²) in [7, 11) is 2.14. The molecule has 0 saturated carbocycles. The van der Waals surface area contributed by atoms with Crippen molar-refractivity contribution >= 4 is 21.7 Å². The third-order valence-electron chi connectivity index (χ3n) is 2.77. The molecule has 1 aromatic heterocycles. The summed E-state index contributed by atoms with van der Waals surface area (Å²) in [4.78, 5) is 10.4. The standard InChI is InChI=1S/C11H19BrN4/c1-4-9(2)16(3)6-5-14-11-10(12)7-13-8-15-11/h7-9H,4-6H2,1-3H3,(H,13,14,15). The van der Waals surface area contributed by atoms with Crippen molar-refractivity contribution in [2.75, 3.05) is 25.5 Å². The molecule has 0 amide bonds. The SMILES string of the molecule is CCC(C)N(C)CCNc1ncncc1Br. The summed E-state index contributed by atoms with van der Waals surface area (Å²) in [6, 6.07) is 0.621. The monoisotopic (exact) mass is 286 g/mol. The molecule has 16 heavy (non-hydrogen) atoms. The molecule has 0 radical (unpaired) electrons. The van der Waals surface area contributed by atoms with E-state index in [1.807, 2.05) is 0 Å². The first kappa shape index (κ1) is 13.4. The number of aromatic nitrogens is 2. The van der Waals surface area contributed by atoms with Gasteiger partial charge in [-0.2, -0.15) is 0 Å². The average molecular weight is 287 g/mol. The van der Waals surface area contributed by atoms with Crippen LogP contribution in [0, 0.1) is 0 Å². The lowest BCUT2D eigenvalue weighted by Crippen LogP contribution is -2.32. The second-order valence-electron chi connectivity index (χ2n) is 3.88. The Morgan fingerprint density at radius 1 is 1.56 bits per heavy atom. The Morgan fingerprint density at radius 2 is 2.31 bits per heavy atom. The van der Waals surface area contributed by atoms with Gasteiger partial charge in [-0.25, -0.2) is 9.97 Å². The largest absolute Gasteiger partial charge is 0.368 e. The van der Waals surface area contributed by atoms with Crippen LogP contribution in [0.1, 0.15) is 20.3 Å². The van der Waals surface area contributed by atoms with Crippen molar-refractivity contribution in [2.24, 2.45) is 0 Å². The topological polar surface area (TPSA) is 41.0 Å². The van der Waals surface area contributed by atoms with E-state index in [4.69, 9.17) is 0 Å². The van der Waals surface area contributed by atoms with Crippen LogP contribution in [0.3, 0.4) is 0 Å². The summed E-state index contributed by atoms with van der Waals surface area (Å²) < 4.78 is 0.904. The van der Waals surface area contributed by atoms with Gasteiger partial charge in [0.2, 0.25) is 0 Å². The Balaban J connectivity index is 2.33. The van der Waals surface area contributed by atoms with Gasteiger partial charge in [0, 0.05) is 25.3 Å². The number of nitrogens with zero attached hydrogens (tertiary/aromatic N) is 3. The van der Waals surface area contributed by atoms with E-state index in [2.05, 4.69) is 57.0 Å². The van der Waals surface area contributed by atoms with E-state index in [1.54, 1.807) is 12.5 Å². The third kappa shape index (κ3) is 4.06. The molecule has 1 atom stereocenters. The fourth-order valence-electron chi connectivity index (χ4n) is 1.33. The highest BCUT2D eigenvalue weighted by Gasteiger charge is 2.06. The summed E-state index contributed by atoms with van der Waals surface area (Å²) in [6.45, 7) is 6.33. The molecule has 1 unspecified atom stereocenters. The van der Waals surface area contributed by atoms with Gasteiger partial charge in [-0.05, 0) is 36.3 Å². The molecule has 0 spiro atoms. The van der Waals surface area contributed by atoms with Crippen LogP contribution in [0.5, 0.6) is 0 Å². The minimum atomic E-state index is 0.621. The van der Waals surface area contributed by atoms with E-state index in [-0.39, 0.29) is 0 Å². The molecule has 0 saturated heterocycles. The number of halogens is 1. The van der Waals surface area contributed by atoms with E-state index < -0.39 is 0 Å². The second kappa shape index (κ2) is 6.81. The smallest absolute Gasteiger partial charge is 0.143 e. The highest BCUT2D eigenvalue weighted by molar-refractivity contribution is 9.10. The van der Waals surface area contributed by atoms with E-state index >= 15 is 0 Å². The van der Waals surface area contributed by atoms with Crippen molar-refractivity contribution in [2.45, 2.75) is 26.3 Å². The maximum Gasteiger partial charge on any atom is 0.143 e. The lowest BCUT2D eigenvalue weighted by Gasteiger charge is -2.23. The first-order chi connectivity index (χ1) is 7.65. The normalized spacial score (nSPS) is 12.8. The van der Waals surface area contributed by atoms with Gasteiger partial charge in [0.25, 0.3) is 0 Å². The quantitative estimate of drug-likeness (QED) is 0.872. The van der Waals surface area contributed by atoms with Gasteiger partial charge in [0.15, 0.2) is 0 Å². The highest BCUT2D eigenvalue weighted by atomic mass is 79.9. The number of rotatable bonds is 6. The Kier molecular flexibility index (Phi) is 5.69. The molecule has 0 aliphatic heterocycles. The average Bonchev–Trinajstić information content (AvgIpc) is 2.30. The number of likely N-dealkylation sites (N-methyl/N-ethyl adjacent to an activating group) is 1. The molecule has 0 bridgehead atoms. The van der Waals surface area contributed by atoms with Crippen molar-refractivity contribution in [1.29, 1.82) is 0 Å². The van der Waals surface area contributed by atoms with Crippen molar-refractivity contribution in [3.63, 3.8) is 0 Å². The van der Waals surface area contributed by atoms with E-state index in [9.17, 15) is 0 Å². The van der Waals surface area contributed by atoms with E-state index in [0.717, 1.165) is 23.4 Å². The van der Waals surface area contributed by atoms with Crippen LogP contribution in [0.25, 0.3) is 0 Å². The highest BCUT2D eigenvalue weighted by Crippen LogP contribution is 2.16. The van der Waals surface area contributed by atoms with Gasteiger partial charge in [0.05, 0.1) is 4.47 Å². The Morgan fingerprint density at radius 3 is 2.94 bits per heavy atom. The van der Waals surface area contributed by atoms with Crippen LogP contribution in [0.4, 0.5) is 5.82 Å². The minimum Gasteiger partial charge on any atom is -0.368 e. The van der Waals surface area contributed by atoms with Crippen LogP contribution >= 0.6 is 15.9 Å². The predicted molar refractivity (Wildman–Crippen MR) is 70.6 cm³/mol. The lowest BCUT2D eigenvalue weighted by molar-refractivity contribution is 0.261. The zero-order valence-corrected chi connectivity index (χ0v) is 11.7. The van der Waals surface area contributed by atoms with Crippen LogP contribution in [0.2, 0.25) is 0 Å². The summed E-state index contributed by atoms with van der Waals surface area (Å²) in [5.74, 6) is 0.854. The molecule has 0 fully saturated rings. The molecule has 0 aromatic carbocycles. The molecule has 1 rings (SSSR count). The Bertz CT molecular complexity index is 319. The Labute approximate surface area is 106 Å². The molecule has 1 N–H and O–H groups in total. The number of anilines is 1. The predicted octanol–water partition coefficient (Wildman–Crippen LogP) is 2.38. The Hall–Kier alpha value is -0.680. The molecule has 4 nitrogen and oxygen atoms in total. The summed E-state index contributed by atoms with van der Waals surface area (Å²) in [5.41, 5.74) is 0. The van der Waals surface area contributed by atoms with Gasteiger partial charge in [-0.3, -0.25) is 0 Å². The lowest BCUT2D eigenvalue weighted by atomic mass is 10.2. The molecule has 0 aliphatic carbocycles. The minimum absolute atomic E-state index is 0.621. The molecular formula is C11H19BrN4. The molecule has 0 aliphatic rings. The van der Waals surface area contributed by atoms with Crippen LogP contribution < -0.4 is 5.32 Å². The number of hydrogen-bond donors (Lipinski definition) is 1. The fourth-order valence-corrected chi connectivity index (χ4v) is 1.69. The van der Waals surface area contributed by atoms with Crippen LogP contribution in [0.15, 0.2) is 17.0 Å². The summed E-state index contributed by atoms with van der Waals surface area (Å²) in [6.07, 6.45) is 4.47. The zero-order valence-electron chi connectivity index (χ0n) is 10.1. The van der Waals surface area contributed by atoms with Crippen molar-refractivity contribution < 1.29 is 0 Å². The zero-order chi connectivity index (χ0) is 12.0. The van der Waals surface area contributed by atoms with Gasteiger partial charge < -0.3 is 10.2 Å². The van der Waals surface area contributed by atoms with Crippen molar-refractivity contribution in [3.8, 4) is 0 Å². The molecular weight excluding hydrogens is 268 g/mol. The van der Waals surface area contributed by atoms with E-state index in [0.29, 0.717) is 6.04 Å². The summed E-state index contributed by atoms with van der Waals surface area (Å²) >= 11 is 3.40. The first-order valence-corrected chi connectivity index (χ1v) is 6.34. The first-order valence-electron chi connectivity index (χ1n) is 5.54. The van der Waals surface area contributed by atoms with Crippen molar-refractivity contribution in [1.82, 2.24) is 14.9 Å². The third-order valence-corrected chi connectivity index (χ3v) is 3.35.